The highest BCUT2D eigenvalue weighted by Gasteiger charge is 1.77. The Hall–Kier alpha value is -0.665. The molecule has 0 saturated heterocycles. The zero-order valence-corrected chi connectivity index (χ0v) is 2.43. The maximum atomic E-state index is 9.13. The molecule has 0 aliphatic heterocycles. The Kier molecular flexibility index (Phi) is 1.42. The van der Waals surface area contributed by atoms with Crippen molar-refractivity contribution in [2.45, 2.75) is 0 Å². The summed E-state index contributed by atoms with van der Waals surface area (Å²) in [4.78, 5) is 9.13. The van der Waals surface area contributed by atoms with Crippen LogP contribution in [-0.2, 0) is 0 Å². The van der Waals surface area contributed by atoms with Gasteiger partial charge in [-0.3, -0.25) is 0 Å². The van der Waals surface area contributed by atoms with Crippen LogP contribution in [0.2, 0.25) is 0 Å². The van der Waals surface area contributed by atoms with Crippen molar-refractivity contribution < 1.29 is 9.90 Å². The zero-order chi connectivity index (χ0) is 4.28. The number of carboxylic acid groups (broad SMARTS) is 1. The molecule has 1 amide bonds. The topological polar surface area (TPSA) is 49.3 Å². The van der Waals surface area contributed by atoms with Crippen LogP contribution in [-0.4, -0.2) is 19.2 Å². The molecule has 0 atom stereocenters. The van der Waals surface area contributed by atoms with Crippen molar-refractivity contribution in [1.82, 2.24) is 5.23 Å². The van der Waals surface area contributed by atoms with E-state index in [4.69, 9.17) is 9.90 Å². The highest BCUT2D eigenvalue weighted by molar-refractivity contribution is 6.12. The van der Waals surface area contributed by atoms with Crippen LogP contribution in [0.1, 0.15) is 0 Å². The van der Waals surface area contributed by atoms with Crippen LogP contribution < -0.4 is 5.23 Å². The Morgan fingerprint density at radius 3 is 2.20 bits per heavy atom. The van der Waals surface area contributed by atoms with Gasteiger partial charge in [0.25, 0.3) is 0 Å². The molecule has 4 heteroatoms. The van der Waals surface area contributed by atoms with Gasteiger partial charge in [-0.15, -0.1) is 0 Å². The summed E-state index contributed by atoms with van der Waals surface area (Å²) in [6.07, 6.45) is -1.22. The van der Waals surface area contributed by atoms with Crippen molar-refractivity contribution in [3.8, 4) is 0 Å². The molecule has 0 aromatic heterocycles. The minimum Gasteiger partial charge on any atom is -0.466 e. The molecule has 0 bridgehead atoms. The number of amides is 1. The quantitative estimate of drug-likeness (QED) is 0.372. The van der Waals surface area contributed by atoms with Crippen molar-refractivity contribution >= 4 is 14.1 Å². The van der Waals surface area contributed by atoms with Gasteiger partial charge < -0.3 is 10.3 Å². The first-order valence-electron chi connectivity index (χ1n) is 0.966. The molecule has 0 unspecified atom stereocenters. The average molecular weight is 70.8 g/mol. The Morgan fingerprint density at radius 1 is 2.00 bits per heavy atom. The molecule has 0 aromatic carbocycles. The van der Waals surface area contributed by atoms with E-state index >= 15 is 0 Å². The fourth-order valence-electron chi connectivity index (χ4n) is 0. The third kappa shape index (κ3) is 3.33. The second-order valence-corrected chi connectivity index (χ2v) is 0.449. The highest BCUT2D eigenvalue weighted by Crippen LogP contribution is 1.44. The van der Waals surface area contributed by atoms with Gasteiger partial charge in [-0.05, 0) is 0 Å². The summed E-state index contributed by atoms with van der Waals surface area (Å²) in [5, 5.41) is 8.93. The van der Waals surface area contributed by atoms with Gasteiger partial charge in [0.05, 0.1) is 0 Å². The van der Waals surface area contributed by atoms with E-state index in [9.17, 15) is 0 Å². The van der Waals surface area contributed by atoms with Crippen LogP contribution in [0.5, 0.6) is 0 Å². The Balaban J connectivity index is 2.85. The molecular formula is CH2BNO2. The van der Waals surface area contributed by atoms with Crippen LogP contribution in [0.3, 0.4) is 0 Å². The van der Waals surface area contributed by atoms with Crippen LogP contribution in [0.25, 0.3) is 0 Å². The van der Waals surface area contributed by atoms with Crippen molar-refractivity contribution in [1.29, 1.82) is 0 Å². The number of hydrogen-bond donors (Lipinski definition) is 2. The normalized spacial score (nSPS) is 6.40. The molecule has 0 saturated carbocycles. The zero-order valence-electron chi connectivity index (χ0n) is 2.43. The molecular weight excluding hydrogens is 68.8 g/mol. The van der Waals surface area contributed by atoms with Gasteiger partial charge in [0.15, 0.2) is 0 Å². The first kappa shape index (κ1) is 4.33. The molecule has 0 aliphatic rings. The van der Waals surface area contributed by atoms with Crippen molar-refractivity contribution in [3.63, 3.8) is 0 Å². The molecule has 5 heavy (non-hydrogen) atoms. The fourth-order valence-corrected chi connectivity index (χ4v) is 0. The average Bonchev–Trinajstić information content (AvgIpc) is 1.38. The summed E-state index contributed by atoms with van der Waals surface area (Å²) in [5.41, 5.74) is 0. The Bertz CT molecular complexity index is 44.9. The second-order valence-electron chi connectivity index (χ2n) is 0.449. The maximum absolute atomic E-state index is 9.13. The van der Waals surface area contributed by atoms with E-state index in [1.54, 1.807) is 0 Å². The van der Waals surface area contributed by atoms with Crippen molar-refractivity contribution in [3.05, 3.63) is 0 Å². The van der Waals surface area contributed by atoms with E-state index < -0.39 is 6.09 Å². The summed E-state index contributed by atoms with van der Waals surface area (Å²) in [5.74, 6) is 0. The lowest BCUT2D eigenvalue weighted by atomic mass is 10.5. The highest BCUT2D eigenvalue weighted by atomic mass is 16.4. The lowest BCUT2D eigenvalue weighted by Gasteiger charge is -1.78. The molecule has 0 heterocycles. The van der Waals surface area contributed by atoms with Gasteiger partial charge in [-0.2, -0.15) is 0 Å². The summed E-state index contributed by atoms with van der Waals surface area (Å²) in [6, 6.07) is 0. The fraction of sp³-hybridized carbons (Fsp3) is 0. The number of hydrogen-bond acceptors (Lipinski definition) is 1. The summed E-state index contributed by atoms with van der Waals surface area (Å²) in [6.45, 7) is 0. The van der Waals surface area contributed by atoms with Crippen molar-refractivity contribution in [2.75, 3.05) is 0 Å². The van der Waals surface area contributed by atoms with Gasteiger partial charge in [-0.25, -0.2) is 4.79 Å². The molecule has 0 aliphatic carbocycles. The minimum atomic E-state index is -1.22. The van der Waals surface area contributed by atoms with Crippen LogP contribution in [0.4, 0.5) is 4.79 Å². The summed E-state index contributed by atoms with van der Waals surface area (Å²) < 4.78 is 0. The third-order valence-electron chi connectivity index (χ3n) is 0.123. The van der Waals surface area contributed by atoms with Gasteiger partial charge in [0.2, 0.25) is 7.98 Å². The Labute approximate surface area is 30.4 Å². The van der Waals surface area contributed by atoms with Gasteiger partial charge in [-0.1, -0.05) is 0 Å². The first-order valence-corrected chi connectivity index (χ1v) is 0.966. The number of nitrogens with one attached hydrogen (secondary N) is 1. The SMILES string of the molecule is [B]NC(=O)O. The number of rotatable bonds is 0. The summed E-state index contributed by atoms with van der Waals surface area (Å²) >= 11 is 0. The first-order chi connectivity index (χ1) is 2.27. The van der Waals surface area contributed by atoms with E-state index in [1.807, 2.05) is 0 Å². The lowest BCUT2D eigenvalue weighted by molar-refractivity contribution is 0.201. The molecule has 3 nitrogen and oxygen atoms in total. The minimum absolute atomic E-state index is 1.22. The monoisotopic (exact) mass is 71.0 g/mol. The van der Waals surface area contributed by atoms with Crippen LogP contribution in [0.15, 0.2) is 0 Å². The molecule has 0 aromatic rings. The molecule has 0 spiro atoms. The standard InChI is InChI=1S/CH2BNO2/c2-3-1(4)5/h3H,(H,4,5). The maximum Gasteiger partial charge on any atom is 0.391 e. The molecule has 0 fully saturated rings. The molecule has 2 N–H and O–H groups in total. The van der Waals surface area contributed by atoms with Gasteiger partial charge in [0, 0.05) is 0 Å². The predicted molar refractivity (Wildman–Crippen MR) is 16.9 cm³/mol. The second kappa shape index (κ2) is 1.63. The molecule has 2 radical (unpaired) electrons. The van der Waals surface area contributed by atoms with E-state index in [0.717, 1.165) is 0 Å². The van der Waals surface area contributed by atoms with E-state index in [1.165, 1.54) is 5.23 Å². The molecule has 26 valence electrons. The predicted octanol–water partition coefficient (Wildman–Crippen LogP) is -0.663. The largest absolute Gasteiger partial charge is 0.466 e. The van der Waals surface area contributed by atoms with E-state index in [0.29, 0.717) is 0 Å². The van der Waals surface area contributed by atoms with E-state index in [2.05, 4.69) is 7.98 Å². The van der Waals surface area contributed by atoms with Gasteiger partial charge in [0.1, 0.15) is 0 Å². The third-order valence-corrected chi connectivity index (χ3v) is 0.123. The molecule has 0 rings (SSSR count). The lowest BCUT2D eigenvalue weighted by Crippen LogP contribution is -2.15. The van der Waals surface area contributed by atoms with Gasteiger partial charge >= 0.3 is 6.09 Å². The van der Waals surface area contributed by atoms with E-state index in [-0.39, 0.29) is 0 Å². The van der Waals surface area contributed by atoms with Crippen LogP contribution >= 0.6 is 0 Å². The Morgan fingerprint density at radius 2 is 2.20 bits per heavy atom. The van der Waals surface area contributed by atoms with Crippen LogP contribution in [0, 0.1) is 0 Å². The van der Waals surface area contributed by atoms with Crippen molar-refractivity contribution in [2.24, 2.45) is 0 Å². The summed E-state index contributed by atoms with van der Waals surface area (Å²) in [7, 11) is 4.32. The smallest absolute Gasteiger partial charge is 0.391 e. The number of carbonyl (C=O) groups is 1.